The smallest absolute Gasteiger partial charge is 0.300 e. The Morgan fingerprint density at radius 3 is 2.38 bits per heavy atom. The molecule has 4 rings (SSSR count). The minimum Gasteiger partial charge on any atom is -0.507 e. The van der Waals surface area contributed by atoms with Crippen LogP contribution in [0.25, 0.3) is 5.76 Å². The molecule has 1 heterocycles. The van der Waals surface area contributed by atoms with Crippen molar-refractivity contribution < 1.29 is 29.3 Å². The minimum atomic E-state index is -1.02. The maximum atomic E-state index is 13.3. The summed E-state index contributed by atoms with van der Waals surface area (Å²) in [5.74, 6) is -1.36. The molecule has 0 saturated carbocycles. The third kappa shape index (κ3) is 3.95. The SMILES string of the molecule is COc1ccc(/C(O)=C2/C(=O)C(=O)N(c3cccc(Cl)c3)C2c2ccc(OC)c(O)c2)c(C)c1. The third-order valence-corrected chi connectivity index (χ3v) is 5.97. The number of phenolic OH excluding ortho intramolecular Hbond substituents is 1. The number of carbonyl (C=O) groups is 2. The number of methoxy groups -OCH3 is 2. The van der Waals surface area contributed by atoms with Crippen molar-refractivity contribution in [1.29, 1.82) is 0 Å². The monoisotopic (exact) mass is 479 g/mol. The molecule has 0 aromatic heterocycles. The molecule has 1 fully saturated rings. The minimum absolute atomic E-state index is 0.109. The van der Waals surface area contributed by atoms with Gasteiger partial charge in [-0.3, -0.25) is 14.5 Å². The highest BCUT2D eigenvalue weighted by molar-refractivity contribution is 6.51. The average molecular weight is 480 g/mol. The molecule has 1 unspecified atom stereocenters. The Hall–Kier alpha value is -3.97. The number of amides is 1. The Labute approximate surface area is 201 Å². The van der Waals surface area contributed by atoms with Gasteiger partial charge in [0.05, 0.1) is 25.8 Å². The fraction of sp³-hybridized carbons (Fsp3) is 0.154. The molecule has 3 aromatic rings. The summed E-state index contributed by atoms with van der Waals surface area (Å²) >= 11 is 6.16. The van der Waals surface area contributed by atoms with E-state index in [-0.39, 0.29) is 22.8 Å². The van der Waals surface area contributed by atoms with Crippen LogP contribution in [0.1, 0.15) is 22.7 Å². The Kier molecular flexibility index (Phi) is 6.22. The van der Waals surface area contributed by atoms with E-state index in [2.05, 4.69) is 0 Å². The Morgan fingerprint density at radius 2 is 1.76 bits per heavy atom. The highest BCUT2D eigenvalue weighted by Crippen LogP contribution is 2.44. The van der Waals surface area contributed by atoms with Crippen molar-refractivity contribution in [2.24, 2.45) is 0 Å². The lowest BCUT2D eigenvalue weighted by atomic mass is 9.93. The summed E-state index contributed by atoms with van der Waals surface area (Å²) in [6.07, 6.45) is 0. The second kappa shape index (κ2) is 9.11. The molecule has 1 saturated heterocycles. The summed E-state index contributed by atoms with van der Waals surface area (Å²) in [7, 11) is 2.94. The molecule has 34 heavy (non-hydrogen) atoms. The van der Waals surface area contributed by atoms with Crippen molar-refractivity contribution in [2.45, 2.75) is 13.0 Å². The Balaban J connectivity index is 1.97. The average Bonchev–Trinajstić information content (AvgIpc) is 3.09. The van der Waals surface area contributed by atoms with Gasteiger partial charge in [-0.05, 0) is 66.6 Å². The number of nitrogens with zero attached hydrogens (tertiary/aromatic N) is 1. The van der Waals surface area contributed by atoms with Gasteiger partial charge in [0.2, 0.25) is 0 Å². The number of aryl methyl sites for hydroxylation is 1. The number of benzene rings is 3. The molecule has 0 bridgehead atoms. The summed E-state index contributed by atoms with van der Waals surface area (Å²) in [4.78, 5) is 27.7. The van der Waals surface area contributed by atoms with Crippen LogP contribution in [-0.2, 0) is 9.59 Å². The maximum Gasteiger partial charge on any atom is 0.300 e. The first-order valence-corrected chi connectivity index (χ1v) is 10.7. The molecule has 174 valence electrons. The van der Waals surface area contributed by atoms with Crippen molar-refractivity contribution >= 4 is 34.7 Å². The van der Waals surface area contributed by atoms with Gasteiger partial charge < -0.3 is 19.7 Å². The second-order valence-electron chi connectivity index (χ2n) is 7.76. The number of hydrogen-bond donors (Lipinski definition) is 2. The summed E-state index contributed by atoms with van der Waals surface area (Å²) in [6.45, 7) is 1.76. The van der Waals surface area contributed by atoms with Gasteiger partial charge in [0.15, 0.2) is 11.5 Å². The van der Waals surface area contributed by atoms with E-state index in [1.165, 1.54) is 31.3 Å². The fourth-order valence-electron chi connectivity index (χ4n) is 4.09. The number of aromatic hydroxyl groups is 1. The van der Waals surface area contributed by atoms with Crippen molar-refractivity contribution in [3.05, 3.63) is 87.9 Å². The maximum absolute atomic E-state index is 13.3. The van der Waals surface area contributed by atoms with E-state index in [9.17, 15) is 19.8 Å². The summed E-state index contributed by atoms with van der Waals surface area (Å²) < 4.78 is 10.4. The Morgan fingerprint density at radius 1 is 1.00 bits per heavy atom. The molecule has 1 atom stereocenters. The van der Waals surface area contributed by atoms with E-state index < -0.39 is 17.7 Å². The Bertz CT molecular complexity index is 1330. The van der Waals surface area contributed by atoms with E-state index in [0.29, 0.717) is 33.1 Å². The number of anilines is 1. The number of rotatable bonds is 5. The molecule has 3 aromatic carbocycles. The van der Waals surface area contributed by atoms with Crippen LogP contribution in [0.2, 0.25) is 5.02 Å². The number of phenols is 1. The largest absolute Gasteiger partial charge is 0.507 e. The predicted molar refractivity (Wildman–Crippen MR) is 129 cm³/mol. The first kappa shape index (κ1) is 23.2. The number of hydrogen-bond acceptors (Lipinski definition) is 6. The fourth-order valence-corrected chi connectivity index (χ4v) is 4.28. The number of carbonyl (C=O) groups excluding carboxylic acids is 2. The second-order valence-corrected chi connectivity index (χ2v) is 8.20. The lowest BCUT2D eigenvalue weighted by Gasteiger charge is -2.26. The van der Waals surface area contributed by atoms with Crippen LogP contribution in [0.5, 0.6) is 17.2 Å². The van der Waals surface area contributed by atoms with Crippen LogP contribution in [0.15, 0.2) is 66.2 Å². The van der Waals surface area contributed by atoms with Crippen LogP contribution in [0.4, 0.5) is 5.69 Å². The lowest BCUT2D eigenvalue weighted by Crippen LogP contribution is -2.29. The number of aliphatic hydroxyl groups excluding tert-OH is 1. The predicted octanol–water partition coefficient (Wildman–Crippen LogP) is 5.00. The molecule has 7 nitrogen and oxygen atoms in total. The van der Waals surface area contributed by atoms with E-state index in [1.807, 2.05) is 0 Å². The molecule has 1 aliphatic rings. The zero-order valence-corrected chi connectivity index (χ0v) is 19.5. The molecular weight excluding hydrogens is 458 g/mol. The highest BCUT2D eigenvalue weighted by Gasteiger charge is 2.47. The number of Topliss-reactive ketones (excluding diaryl/α,β-unsaturated/α-hetero) is 1. The van der Waals surface area contributed by atoms with Gasteiger partial charge in [0.1, 0.15) is 11.5 Å². The van der Waals surface area contributed by atoms with Crippen molar-refractivity contribution in [3.8, 4) is 17.2 Å². The van der Waals surface area contributed by atoms with Crippen molar-refractivity contribution in [2.75, 3.05) is 19.1 Å². The summed E-state index contributed by atoms with van der Waals surface area (Å²) in [5.41, 5.74) is 1.71. The van der Waals surface area contributed by atoms with Crippen LogP contribution in [0, 0.1) is 6.92 Å². The van der Waals surface area contributed by atoms with E-state index in [1.54, 1.807) is 55.5 Å². The van der Waals surface area contributed by atoms with Crippen molar-refractivity contribution in [1.82, 2.24) is 0 Å². The standard InChI is InChI=1S/C26H22ClNO6/c1-14-11-18(33-2)8-9-19(14)24(30)22-23(15-7-10-21(34-3)20(29)12-15)28(26(32)25(22)31)17-6-4-5-16(27)13-17/h4-13,23,29-30H,1-3H3/b24-22-. The first-order chi connectivity index (χ1) is 16.3. The van der Waals surface area contributed by atoms with Gasteiger partial charge in [0, 0.05) is 16.3 Å². The molecule has 0 spiro atoms. The molecule has 1 amide bonds. The molecular formula is C26H22ClNO6. The lowest BCUT2D eigenvalue weighted by molar-refractivity contribution is -0.132. The van der Waals surface area contributed by atoms with Crippen LogP contribution >= 0.6 is 11.6 Å². The molecule has 0 radical (unpaired) electrons. The number of ether oxygens (including phenoxy) is 2. The van der Waals surface area contributed by atoms with E-state index >= 15 is 0 Å². The molecule has 0 aliphatic carbocycles. The normalized spacial score (nSPS) is 17.2. The molecule has 1 aliphatic heterocycles. The summed E-state index contributed by atoms with van der Waals surface area (Å²) in [5, 5.41) is 22.1. The van der Waals surface area contributed by atoms with Gasteiger partial charge in [0.25, 0.3) is 11.7 Å². The molecule has 8 heteroatoms. The topological polar surface area (TPSA) is 96.3 Å². The van der Waals surface area contributed by atoms with Gasteiger partial charge in [-0.1, -0.05) is 23.7 Å². The zero-order chi connectivity index (χ0) is 24.6. The first-order valence-electron chi connectivity index (χ1n) is 10.3. The van der Waals surface area contributed by atoms with E-state index in [0.717, 1.165) is 0 Å². The van der Waals surface area contributed by atoms with Crippen LogP contribution in [0.3, 0.4) is 0 Å². The highest BCUT2D eigenvalue weighted by atomic mass is 35.5. The van der Waals surface area contributed by atoms with Gasteiger partial charge >= 0.3 is 0 Å². The van der Waals surface area contributed by atoms with Gasteiger partial charge in [-0.2, -0.15) is 0 Å². The van der Waals surface area contributed by atoms with Gasteiger partial charge in [-0.15, -0.1) is 0 Å². The quantitative estimate of drug-likeness (QED) is 0.304. The van der Waals surface area contributed by atoms with Crippen LogP contribution < -0.4 is 14.4 Å². The summed E-state index contributed by atoms with van der Waals surface area (Å²) in [6, 6.07) is 15.1. The third-order valence-electron chi connectivity index (χ3n) is 5.74. The number of aliphatic hydroxyl groups is 1. The van der Waals surface area contributed by atoms with E-state index in [4.69, 9.17) is 21.1 Å². The zero-order valence-electron chi connectivity index (χ0n) is 18.7. The van der Waals surface area contributed by atoms with Gasteiger partial charge in [-0.25, -0.2) is 0 Å². The number of ketones is 1. The van der Waals surface area contributed by atoms with Crippen LogP contribution in [-0.4, -0.2) is 36.1 Å². The van der Waals surface area contributed by atoms with Crippen molar-refractivity contribution in [3.63, 3.8) is 0 Å². The molecule has 2 N–H and O–H groups in total. The number of halogens is 1.